The number of hydrogen-bond acceptors (Lipinski definition) is 4. The van der Waals surface area contributed by atoms with Gasteiger partial charge in [-0.1, -0.05) is 6.58 Å². The third kappa shape index (κ3) is 1.85. The van der Waals surface area contributed by atoms with Crippen LogP contribution < -0.4 is 0 Å². The smallest absolute Gasteiger partial charge is 0.139 e. The number of fused-ring (bicyclic) bond motifs is 1. The van der Waals surface area contributed by atoms with Gasteiger partial charge in [0.15, 0.2) is 0 Å². The van der Waals surface area contributed by atoms with Gasteiger partial charge >= 0.3 is 0 Å². The topological polar surface area (TPSA) is 35.0 Å². The van der Waals surface area contributed by atoms with Crippen molar-refractivity contribution in [3.8, 4) is 0 Å². The van der Waals surface area contributed by atoms with E-state index in [1.807, 2.05) is 25.3 Å². The molecular weight excluding hydrogens is 208 g/mol. The minimum absolute atomic E-state index is 0.606. The van der Waals surface area contributed by atoms with Crippen molar-refractivity contribution in [2.75, 3.05) is 6.61 Å². The second-order valence-corrected chi connectivity index (χ2v) is 4.03. The molecule has 0 atom stereocenters. The quantitative estimate of drug-likeness (QED) is 0.746. The van der Waals surface area contributed by atoms with Crippen LogP contribution in [0.25, 0.3) is 16.0 Å². The summed E-state index contributed by atoms with van der Waals surface area (Å²) < 4.78 is 6.42. The van der Waals surface area contributed by atoms with Crippen molar-refractivity contribution in [2.24, 2.45) is 0 Å². The molecule has 4 heteroatoms. The molecule has 0 saturated carbocycles. The highest BCUT2D eigenvalue weighted by Gasteiger charge is 2.10. The number of hydrogen-bond donors (Lipinski definition) is 0. The summed E-state index contributed by atoms with van der Waals surface area (Å²) in [6.07, 6.45) is 0. The van der Waals surface area contributed by atoms with Crippen molar-refractivity contribution in [2.45, 2.75) is 13.8 Å². The lowest BCUT2D eigenvalue weighted by atomic mass is 10.3. The van der Waals surface area contributed by atoms with Gasteiger partial charge in [0.05, 0.1) is 16.8 Å². The van der Waals surface area contributed by atoms with E-state index in [0.717, 1.165) is 21.7 Å². The lowest BCUT2D eigenvalue weighted by Crippen LogP contribution is -1.97. The second-order valence-electron chi connectivity index (χ2n) is 3.11. The summed E-state index contributed by atoms with van der Waals surface area (Å²) in [6.45, 7) is 8.30. The number of ether oxygens (including phenoxy) is 1. The summed E-state index contributed by atoms with van der Waals surface area (Å²) in [7, 11) is 0. The van der Waals surface area contributed by atoms with Crippen LogP contribution in [0.15, 0.2) is 18.0 Å². The molecule has 0 aliphatic rings. The molecule has 0 aliphatic heterocycles. The molecule has 2 aromatic rings. The SMILES string of the molecule is C=C(OCC)c1nc(C)nc2ccsc12. The fourth-order valence-electron chi connectivity index (χ4n) is 1.41. The van der Waals surface area contributed by atoms with Crippen molar-refractivity contribution >= 4 is 27.3 Å². The summed E-state index contributed by atoms with van der Waals surface area (Å²) in [5.74, 6) is 1.37. The van der Waals surface area contributed by atoms with Gasteiger partial charge in [0, 0.05) is 0 Å². The highest BCUT2D eigenvalue weighted by atomic mass is 32.1. The molecular formula is C11H12N2OS. The Morgan fingerprint density at radius 2 is 2.33 bits per heavy atom. The van der Waals surface area contributed by atoms with Crippen molar-refractivity contribution in [3.63, 3.8) is 0 Å². The van der Waals surface area contributed by atoms with E-state index in [9.17, 15) is 0 Å². The molecule has 0 aliphatic carbocycles. The van der Waals surface area contributed by atoms with Gasteiger partial charge in [0.1, 0.15) is 17.3 Å². The van der Waals surface area contributed by atoms with Crippen molar-refractivity contribution in [1.82, 2.24) is 9.97 Å². The van der Waals surface area contributed by atoms with Gasteiger partial charge in [-0.15, -0.1) is 11.3 Å². The molecule has 2 aromatic heterocycles. The molecule has 0 bridgehead atoms. The molecule has 78 valence electrons. The summed E-state index contributed by atoms with van der Waals surface area (Å²) in [4.78, 5) is 8.71. The van der Waals surface area contributed by atoms with E-state index in [-0.39, 0.29) is 0 Å². The fraction of sp³-hybridized carbons (Fsp3) is 0.273. The Bertz CT molecular complexity index is 504. The zero-order valence-electron chi connectivity index (χ0n) is 8.78. The fourth-order valence-corrected chi connectivity index (χ4v) is 2.25. The third-order valence-corrected chi connectivity index (χ3v) is 2.91. The highest BCUT2D eigenvalue weighted by molar-refractivity contribution is 7.17. The zero-order chi connectivity index (χ0) is 10.8. The van der Waals surface area contributed by atoms with Crippen LogP contribution in [0.3, 0.4) is 0 Å². The first-order valence-electron chi connectivity index (χ1n) is 4.76. The first kappa shape index (κ1) is 10.1. The maximum absolute atomic E-state index is 5.38. The molecule has 2 rings (SSSR count). The largest absolute Gasteiger partial charge is 0.492 e. The molecule has 0 unspecified atom stereocenters. The Hall–Kier alpha value is -1.42. The Kier molecular flexibility index (Phi) is 2.68. The second kappa shape index (κ2) is 3.98. The van der Waals surface area contributed by atoms with Crippen molar-refractivity contribution in [3.05, 3.63) is 29.5 Å². The molecule has 15 heavy (non-hydrogen) atoms. The van der Waals surface area contributed by atoms with Gasteiger partial charge in [0.25, 0.3) is 0 Å². The van der Waals surface area contributed by atoms with Crippen LogP contribution in [-0.4, -0.2) is 16.6 Å². The lowest BCUT2D eigenvalue weighted by Gasteiger charge is -2.07. The van der Waals surface area contributed by atoms with Gasteiger partial charge < -0.3 is 4.74 Å². The summed E-state index contributed by atoms with van der Waals surface area (Å²) in [6, 6.07) is 1.98. The highest BCUT2D eigenvalue weighted by Crippen LogP contribution is 2.26. The summed E-state index contributed by atoms with van der Waals surface area (Å²) >= 11 is 1.61. The van der Waals surface area contributed by atoms with E-state index in [2.05, 4.69) is 16.5 Å². The number of aromatic nitrogens is 2. The average molecular weight is 220 g/mol. The monoisotopic (exact) mass is 220 g/mol. The van der Waals surface area contributed by atoms with Crippen molar-refractivity contribution in [1.29, 1.82) is 0 Å². The van der Waals surface area contributed by atoms with E-state index in [4.69, 9.17) is 4.74 Å². The molecule has 0 fully saturated rings. The summed E-state index contributed by atoms with van der Waals surface area (Å²) in [5, 5.41) is 2.00. The minimum atomic E-state index is 0.606. The molecule has 0 N–H and O–H groups in total. The normalized spacial score (nSPS) is 10.5. The van der Waals surface area contributed by atoms with Crippen LogP contribution in [0.4, 0.5) is 0 Å². The van der Waals surface area contributed by atoms with Crippen molar-refractivity contribution < 1.29 is 4.74 Å². The van der Waals surface area contributed by atoms with E-state index in [1.54, 1.807) is 11.3 Å². The Morgan fingerprint density at radius 3 is 3.07 bits per heavy atom. The van der Waals surface area contributed by atoms with Crippen LogP contribution >= 0.6 is 11.3 Å². The molecule has 2 heterocycles. The lowest BCUT2D eigenvalue weighted by molar-refractivity contribution is 0.298. The van der Waals surface area contributed by atoms with E-state index >= 15 is 0 Å². The predicted molar refractivity (Wildman–Crippen MR) is 62.8 cm³/mol. The first-order valence-corrected chi connectivity index (χ1v) is 5.64. The van der Waals surface area contributed by atoms with E-state index in [0.29, 0.717) is 12.4 Å². The Balaban J connectivity index is 2.57. The number of aryl methyl sites for hydroxylation is 1. The number of rotatable bonds is 3. The van der Waals surface area contributed by atoms with Gasteiger partial charge in [-0.05, 0) is 25.3 Å². The summed E-state index contributed by atoms with van der Waals surface area (Å²) in [5.41, 5.74) is 1.78. The molecule has 0 amide bonds. The van der Waals surface area contributed by atoms with Gasteiger partial charge in [-0.25, -0.2) is 9.97 Å². The molecule has 3 nitrogen and oxygen atoms in total. The van der Waals surface area contributed by atoms with Crippen LogP contribution in [-0.2, 0) is 4.74 Å². The first-order chi connectivity index (χ1) is 7.22. The van der Waals surface area contributed by atoms with Gasteiger partial charge in [0.2, 0.25) is 0 Å². The van der Waals surface area contributed by atoms with E-state index in [1.165, 1.54) is 0 Å². The average Bonchev–Trinajstić information content (AvgIpc) is 2.64. The van der Waals surface area contributed by atoms with Crippen LogP contribution in [0, 0.1) is 6.92 Å². The molecule has 0 saturated heterocycles. The molecule has 0 aromatic carbocycles. The predicted octanol–water partition coefficient (Wildman–Crippen LogP) is 3.01. The Morgan fingerprint density at radius 1 is 1.53 bits per heavy atom. The van der Waals surface area contributed by atoms with Crippen LogP contribution in [0.2, 0.25) is 0 Å². The van der Waals surface area contributed by atoms with Gasteiger partial charge in [-0.2, -0.15) is 0 Å². The molecule has 0 spiro atoms. The van der Waals surface area contributed by atoms with Gasteiger partial charge in [-0.3, -0.25) is 0 Å². The maximum atomic E-state index is 5.38. The standard InChI is InChI=1S/C11H12N2OS/c1-4-14-7(2)10-11-9(5-6-15-11)12-8(3)13-10/h5-6H,2,4H2,1,3H3. The number of nitrogens with zero attached hydrogens (tertiary/aromatic N) is 2. The number of thiophene rings is 1. The van der Waals surface area contributed by atoms with Crippen LogP contribution in [0.5, 0.6) is 0 Å². The maximum Gasteiger partial charge on any atom is 0.139 e. The minimum Gasteiger partial charge on any atom is -0.492 e. The Labute approximate surface area is 92.4 Å². The van der Waals surface area contributed by atoms with E-state index < -0.39 is 0 Å². The van der Waals surface area contributed by atoms with Crippen LogP contribution in [0.1, 0.15) is 18.4 Å². The zero-order valence-corrected chi connectivity index (χ0v) is 9.60. The third-order valence-electron chi connectivity index (χ3n) is 2.00. The molecule has 0 radical (unpaired) electrons.